The summed E-state index contributed by atoms with van der Waals surface area (Å²) in [5.74, 6) is 0.127. The molecule has 3 N–H and O–H groups in total. The van der Waals surface area contributed by atoms with Gasteiger partial charge in [-0.05, 0) is 6.42 Å². The molecule has 0 spiro atoms. The van der Waals surface area contributed by atoms with Gasteiger partial charge in [-0.1, -0.05) is 0 Å². The Bertz CT molecular complexity index is 639. The van der Waals surface area contributed by atoms with Crippen molar-refractivity contribution in [1.29, 1.82) is 0 Å². The highest BCUT2D eigenvalue weighted by Crippen LogP contribution is 2.31. The summed E-state index contributed by atoms with van der Waals surface area (Å²) in [5.41, 5.74) is 0.486. The fourth-order valence-electron chi connectivity index (χ4n) is 1.67. The van der Waals surface area contributed by atoms with E-state index < -0.39 is 11.0 Å². The zero-order chi connectivity index (χ0) is 14.5. The number of nitrogens with zero attached hydrogens (tertiary/aromatic N) is 2. The smallest absolute Gasteiger partial charge is 0.404 e. The van der Waals surface area contributed by atoms with Crippen LogP contribution in [0.5, 0.6) is 5.75 Å². The van der Waals surface area contributed by atoms with Gasteiger partial charge in [-0.2, -0.15) is 5.10 Å². The van der Waals surface area contributed by atoms with Crippen LogP contribution in [0.1, 0.15) is 6.42 Å². The third kappa shape index (κ3) is 3.13. The molecule has 0 fully saturated rings. The largest absolute Gasteiger partial charge is 0.487 e. The van der Waals surface area contributed by atoms with Gasteiger partial charge in [-0.3, -0.25) is 15.2 Å². The SMILES string of the molecule is O=C(O)NCCCOc1cc2[nH]ncc2cc1[N+](=O)[O-]. The summed E-state index contributed by atoms with van der Waals surface area (Å²) >= 11 is 0. The minimum Gasteiger partial charge on any atom is -0.487 e. The number of rotatable bonds is 6. The van der Waals surface area contributed by atoms with Crippen molar-refractivity contribution in [2.24, 2.45) is 0 Å². The van der Waals surface area contributed by atoms with Crippen LogP contribution < -0.4 is 10.1 Å². The number of benzene rings is 1. The van der Waals surface area contributed by atoms with Gasteiger partial charge in [0.15, 0.2) is 5.75 Å². The van der Waals surface area contributed by atoms with E-state index in [1.807, 2.05) is 0 Å². The number of aromatic amines is 1. The van der Waals surface area contributed by atoms with Crippen molar-refractivity contribution < 1.29 is 19.6 Å². The van der Waals surface area contributed by atoms with E-state index in [4.69, 9.17) is 9.84 Å². The molecule has 9 heteroatoms. The topological polar surface area (TPSA) is 130 Å². The van der Waals surface area contributed by atoms with E-state index in [9.17, 15) is 14.9 Å². The molecule has 9 nitrogen and oxygen atoms in total. The Morgan fingerprint density at radius 2 is 2.35 bits per heavy atom. The Morgan fingerprint density at radius 3 is 3.05 bits per heavy atom. The average Bonchev–Trinajstić information content (AvgIpc) is 2.83. The van der Waals surface area contributed by atoms with Crippen LogP contribution in [0, 0.1) is 10.1 Å². The minimum absolute atomic E-state index is 0.127. The highest BCUT2D eigenvalue weighted by atomic mass is 16.6. The monoisotopic (exact) mass is 280 g/mol. The molecular formula is C11H12N4O5. The molecule has 0 atom stereocenters. The van der Waals surface area contributed by atoms with Gasteiger partial charge >= 0.3 is 11.8 Å². The first-order chi connectivity index (χ1) is 9.58. The molecule has 1 aromatic heterocycles. The second kappa shape index (κ2) is 5.87. The third-order valence-electron chi connectivity index (χ3n) is 2.57. The summed E-state index contributed by atoms with van der Waals surface area (Å²) in [6.45, 7) is 0.385. The molecule has 0 unspecified atom stereocenters. The number of hydrogen-bond acceptors (Lipinski definition) is 5. The predicted molar refractivity (Wildman–Crippen MR) is 68.9 cm³/mol. The Hall–Kier alpha value is -2.84. The van der Waals surface area contributed by atoms with Crippen molar-refractivity contribution in [1.82, 2.24) is 15.5 Å². The van der Waals surface area contributed by atoms with Crippen molar-refractivity contribution in [3.63, 3.8) is 0 Å². The van der Waals surface area contributed by atoms with Crippen LogP contribution in [-0.4, -0.2) is 39.5 Å². The van der Waals surface area contributed by atoms with Crippen LogP contribution in [0.2, 0.25) is 0 Å². The quantitative estimate of drug-likeness (QED) is 0.417. The molecule has 0 aliphatic heterocycles. The number of hydrogen-bond donors (Lipinski definition) is 3. The molecule has 0 saturated carbocycles. The summed E-state index contributed by atoms with van der Waals surface area (Å²) in [7, 11) is 0. The normalized spacial score (nSPS) is 10.4. The lowest BCUT2D eigenvalue weighted by Crippen LogP contribution is -2.23. The average molecular weight is 280 g/mol. The molecule has 0 saturated heterocycles. The summed E-state index contributed by atoms with van der Waals surface area (Å²) in [5, 5.41) is 28.7. The summed E-state index contributed by atoms with van der Waals surface area (Å²) in [6, 6.07) is 2.88. The number of fused-ring (bicyclic) bond motifs is 1. The number of carboxylic acid groups (broad SMARTS) is 1. The minimum atomic E-state index is -1.12. The van der Waals surface area contributed by atoms with Gasteiger partial charge in [0, 0.05) is 24.1 Å². The van der Waals surface area contributed by atoms with Crippen LogP contribution in [0.25, 0.3) is 10.9 Å². The molecule has 2 aromatic rings. The molecule has 1 amide bonds. The first-order valence-corrected chi connectivity index (χ1v) is 5.79. The number of ether oxygens (including phenoxy) is 1. The number of carbonyl (C=O) groups is 1. The molecule has 1 heterocycles. The highest BCUT2D eigenvalue weighted by Gasteiger charge is 2.17. The van der Waals surface area contributed by atoms with Crippen LogP contribution >= 0.6 is 0 Å². The molecule has 2 rings (SSSR count). The Morgan fingerprint density at radius 1 is 1.55 bits per heavy atom. The maximum absolute atomic E-state index is 11.0. The van der Waals surface area contributed by atoms with Gasteiger partial charge in [-0.15, -0.1) is 0 Å². The fourth-order valence-corrected chi connectivity index (χ4v) is 1.67. The number of nitro groups is 1. The van der Waals surface area contributed by atoms with Gasteiger partial charge in [-0.25, -0.2) is 4.79 Å². The van der Waals surface area contributed by atoms with Crippen LogP contribution in [0.4, 0.5) is 10.5 Å². The van der Waals surface area contributed by atoms with E-state index in [-0.39, 0.29) is 24.6 Å². The van der Waals surface area contributed by atoms with Crippen LogP contribution in [0.3, 0.4) is 0 Å². The summed E-state index contributed by atoms with van der Waals surface area (Å²) in [6.07, 6.45) is 0.780. The van der Waals surface area contributed by atoms with Gasteiger partial charge in [0.05, 0.1) is 23.2 Å². The van der Waals surface area contributed by atoms with E-state index in [1.165, 1.54) is 18.3 Å². The number of amides is 1. The first-order valence-electron chi connectivity index (χ1n) is 5.79. The number of aromatic nitrogens is 2. The van der Waals surface area contributed by atoms with Crippen LogP contribution in [-0.2, 0) is 0 Å². The molecule has 106 valence electrons. The van der Waals surface area contributed by atoms with Gasteiger partial charge in [0.1, 0.15) is 0 Å². The maximum Gasteiger partial charge on any atom is 0.404 e. The molecule has 0 radical (unpaired) electrons. The Labute approximate surface area is 112 Å². The number of H-pyrrole nitrogens is 1. The second-order valence-corrected chi connectivity index (χ2v) is 3.97. The van der Waals surface area contributed by atoms with Crippen LogP contribution in [0.15, 0.2) is 18.3 Å². The molecular weight excluding hydrogens is 268 g/mol. The molecule has 0 aliphatic rings. The van der Waals surface area contributed by atoms with E-state index in [2.05, 4.69) is 15.5 Å². The van der Waals surface area contributed by atoms with Crippen molar-refractivity contribution in [3.05, 3.63) is 28.4 Å². The molecule has 20 heavy (non-hydrogen) atoms. The lowest BCUT2D eigenvalue weighted by atomic mass is 10.2. The molecule has 0 aliphatic carbocycles. The highest BCUT2D eigenvalue weighted by molar-refractivity contribution is 5.83. The second-order valence-electron chi connectivity index (χ2n) is 3.97. The van der Waals surface area contributed by atoms with E-state index >= 15 is 0 Å². The van der Waals surface area contributed by atoms with E-state index in [0.29, 0.717) is 17.3 Å². The first kappa shape index (κ1) is 13.6. The van der Waals surface area contributed by atoms with E-state index in [0.717, 1.165) is 0 Å². The van der Waals surface area contributed by atoms with Crippen molar-refractivity contribution in [2.45, 2.75) is 6.42 Å². The molecule has 1 aromatic carbocycles. The predicted octanol–water partition coefficient (Wildman–Crippen LogP) is 1.51. The van der Waals surface area contributed by atoms with Gasteiger partial charge in [0.25, 0.3) is 0 Å². The Balaban J connectivity index is 2.05. The fraction of sp³-hybridized carbons (Fsp3) is 0.273. The van der Waals surface area contributed by atoms with Crippen molar-refractivity contribution in [3.8, 4) is 5.75 Å². The third-order valence-corrected chi connectivity index (χ3v) is 2.57. The lowest BCUT2D eigenvalue weighted by molar-refractivity contribution is -0.385. The zero-order valence-electron chi connectivity index (χ0n) is 10.3. The van der Waals surface area contributed by atoms with Crippen molar-refractivity contribution in [2.75, 3.05) is 13.2 Å². The van der Waals surface area contributed by atoms with Gasteiger partial charge in [0.2, 0.25) is 0 Å². The Kier molecular flexibility index (Phi) is 3.99. The summed E-state index contributed by atoms with van der Waals surface area (Å²) in [4.78, 5) is 20.7. The zero-order valence-corrected chi connectivity index (χ0v) is 10.3. The van der Waals surface area contributed by atoms with Gasteiger partial charge < -0.3 is 15.2 Å². The lowest BCUT2D eigenvalue weighted by Gasteiger charge is -2.07. The maximum atomic E-state index is 11.0. The standard InChI is InChI=1S/C11H12N4O5/c16-11(17)12-2-1-3-20-10-5-8-7(6-13-14-8)4-9(10)15(18)19/h4-6,12H,1-3H2,(H,13,14)(H,16,17). The van der Waals surface area contributed by atoms with E-state index in [1.54, 1.807) is 0 Å². The molecule has 0 bridgehead atoms. The summed E-state index contributed by atoms with van der Waals surface area (Å²) < 4.78 is 5.34. The number of nitrogens with one attached hydrogen (secondary N) is 2. The van der Waals surface area contributed by atoms with Crippen molar-refractivity contribution >= 4 is 22.7 Å². The number of nitro benzene ring substituents is 1.